The molecule has 0 aliphatic rings. The molecule has 0 heterocycles. The van der Waals surface area contributed by atoms with E-state index in [1.807, 2.05) is 0 Å². The molecule has 0 fully saturated rings. The summed E-state index contributed by atoms with van der Waals surface area (Å²) in [6.45, 7) is 0. The Morgan fingerprint density at radius 2 is 1.64 bits per heavy atom. The molecular weight excluding hydrogens is 306 g/mol. The highest BCUT2D eigenvalue weighted by atomic mass is 35.5. The molecule has 0 atom stereocenters. The van der Waals surface area contributed by atoms with Crippen molar-refractivity contribution < 1.29 is 19.4 Å². The van der Waals surface area contributed by atoms with Gasteiger partial charge in [0.15, 0.2) is 5.75 Å². The van der Waals surface area contributed by atoms with Crippen LogP contribution in [0.25, 0.3) is 0 Å². The van der Waals surface area contributed by atoms with Gasteiger partial charge in [-0.25, -0.2) is 0 Å². The average molecular weight is 328 g/mol. The largest absolute Gasteiger partial charge is 0.481 e. The third-order valence-corrected chi connectivity index (χ3v) is 3.46. The van der Waals surface area contributed by atoms with Gasteiger partial charge in [0.25, 0.3) is 0 Å². The van der Waals surface area contributed by atoms with Gasteiger partial charge in [-0.15, -0.1) is 0 Å². The summed E-state index contributed by atoms with van der Waals surface area (Å²) in [6.07, 6.45) is 5.84. The average Bonchev–Trinajstić information content (AvgIpc) is 2.45. The van der Waals surface area contributed by atoms with Crippen LogP contribution in [-0.2, 0) is 9.59 Å². The Kier molecular flexibility index (Phi) is 8.36. The summed E-state index contributed by atoms with van der Waals surface area (Å²) in [5, 5.41) is 8.98. The second-order valence-corrected chi connectivity index (χ2v) is 5.61. The zero-order valence-corrected chi connectivity index (χ0v) is 13.3. The fourth-order valence-electron chi connectivity index (χ4n) is 2.02. The number of benzene rings is 1. The van der Waals surface area contributed by atoms with Gasteiger partial charge in [0.05, 0.1) is 5.69 Å². The zero-order chi connectivity index (χ0) is 16.4. The van der Waals surface area contributed by atoms with Crippen LogP contribution in [0.4, 0.5) is 5.69 Å². The number of carbonyl (C=O) groups excluding carboxylic acids is 1. The van der Waals surface area contributed by atoms with E-state index in [0.29, 0.717) is 29.3 Å². The van der Waals surface area contributed by atoms with Crippen molar-refractivity contribution in [3.05, 3.63) is 23.2 Å². The second-order valence-electron chi connectivity index (χ2n) is 5.17. The van der Waals surface area contributed by atoms with E-state index in [9.17, 15) is 9.59 Å². The Morgan fingerprint density at radius 1 is 1.05 bits per heavy atom. The summed E-state index contributed by atoms with van der Waals surface area (Å²) >= 11 is 5.82. The third-order valence-electron chi connectivity index (χ3n) is 3.22. The predicted octanol–water partition coefficient (Wildman–Crippen LogP) is 4.03. The van der Waals surface area contributed by atoms with Crippen molar-refractivity contribution in [2.75, 3.05) is 5.73 Å². The number of hydrogen-bond donors (Lipinski definition) is 2. The lowest BCUT2D eigenvalue weighted by Crippen LogP contribution is -2.09. The number of nitrogen functional groups attached to an aromatic ring is 1. The summed E-state index contributed by atoms with van der Waals surface area (Å²) in [6, 6.07) is 4.76. The van der Waals surface area contributed by atoms with Crippen LogP contribution in [0.3, 0.4) is 0 Å². The summed E-state index contributed by atoms with van der Waals surface area (Å²) in [4.78, 5) is 22.0. The van der Waals surface area contributed by atoms with E-state index >= 15 is 0 Å². The molecule has 0 aromatic heterocycles. The number of carbonyl (C=O) groups is 2. The minimum absolute atomic E-state index is 0.230. The van der Waals surface area contributed by atoms with Crippen LogP contribution in [0.2, 0.25) is 5.02 Å². The van der Waals surface area contributed by atoms with E-state index in [1.165, 1.54) is 6.07 Å². The Bertz CT molecular complexity index is 505. The molecule has 0 amide bonds. The molecule has 3 N–H and O–H groups in total. The van der Waals surface area contributed by atoms with Crippen LogP contribution in [0.1, 0.15) is 51.4 Å². The number of nitrogens with two attached hydrogens (primary N) is 1. The second kappa shape index (κ2) is 10.1. The van der Waals surface area contributed by atoms with Crippen LogP contribution >= 0.6 is 11.6 Å². The van der Waals surface area contributed by atoms with Crippen molar-refractivity contribution in [1.82, 2.24) is 0 Å². The minimum Gasteiger partial charge on any atom is -0.481 e. The lowest BCUT2D eigenvalue weighted by molar-refractivity contribution is -0.137. The fraction of sp³-hybridized carbons (Fsp3) is 0.500. The predicted molar refractivity (Wildman–Crippen MR) is 86.1 cm³/mol. The minimum atomic E-state index is -0.747. The molecule has 0 unspecified atom stereocenters. The van der Waals surface area contributed by atoms with Gasteiger partial charge >= 0.3 is 11.9 Å². The third kappa shape index (κ3) is 7.88. The number of unbranched alkanes of at least 4 members (excludes halogenated alkanes) is 5. The van der Waals surface area contributed by atoms with Gasteiger partial charge in [-0.2, -0.15) is 0 Å². The van der Waals surface area contributed by atoms with Crippen molar-refractivity contribution >= 4 is 29.2 Å². The Hall–Kier alpha value is -1.75. The number of aliphatic carboxylic acids is 1. The molecule has 1 rings (SSSR count). The molecule has 0 radical (unpaired) electrons. The number of carboxylic acid groups (broad SMARTS) is 1. The number of anilines is 1. The summed E-state index contributed by atoms with van der Waals surface area (Å²) in [5.74, 6) is -0.769. The highest BCUT2D eigenvalue weighted by molar-refractivity contribution is 6.30. The molecular formula is C16H22ClNO4. The molecule has 122 valence electrons. The Morgan fingerprint density at radius 3 is 2.27 bits per heavy atom. The zero-order valence-electron chi connectivity index (χ0n) is 12.5. The first kappa shape index (κ1) is 18.3. The van der Waals surface area contributed by atoms with Crippen LogP contribution in [0.15, 0.2) is 18.2 Å². The van der Waals surface area contributed by atoms with Crippen molar-refractivity contribution in [3.8, 4) is 5.75 Å². The lowest BCUT2D eigenvalue weighted by atomic mass is 10.1. The summed E-state index contributed by atoms with van der Waals surface area (Å²) in [5.41, 5.74) is 6.09. The SMILES string of the molecule is Nc1ccc(Cl)cc1OC(=O)CCCCCCCCC(=O)O. The Labute approximate surface area is 135 Å². The number of ether oxygens (including phenoxy) is 1. The topological polar surface area (TPSA) is 89.6 Å². The molecule has 1 aromatic carbocycles. The molecule has 5 nitrogen and oxygen atoms in total. The molecule has 0 saturated heterocycles. The molecule has 0 aliphatic heterocycles. The van der Waals surface area contributed by atoms with E-state index < -0.39 is 5.97 Å². The van der Waals surface area contributed by atoms with Crippen molar-refractivity contribution in [2.24, 2.45) is 0 Å². The number of carboxylic acids is 1. The number of hydrogen-bond acceptors (Lipinski definition) is 4. The fourth-order valence-corrected chi connectivity index (χ4v) is 2.19. The van der Waals surface area contributed by atoms with Gasteiger partial charge in [0.2, 0.25) is 0 Å². The van der Waals surface area contributed by atoms with Crippen LogP contribution in [0, 0.1) is 0 Å². The molecule has 0 spiro atoms. The normalized spacial score (nSPS) is 10.4. The van der Waals surface area contributed by atoms with Gasteiger partial charge in [-0.1, -0.05) is 37.3 Å². The van der Waals surface area contributed by atoms with Gasteiger partial charge in [0.1, 0.15) is 0 Å². The standard InChI is InChI=1S/C16H22ClNO4/c17-12-9-10-13(18)14(11-12)22-16(21)8-6-4-2-1-3-5-7-15(19)20/h9-11H,1-8,18H2,(H,19,20). The lowest BCUT2D eigenvalue weighted by Gasteiger charge is -2.07. The number of halogens is 1. The Balaban J connectivity index is 2.11. The van der Waals surface area contributed by atoms with Gasteiger partial charge in [-0.3, -0.25) is 9.59 Å². The summed E-state index contributed by atoms with van der Waals surface area (Å²) in [7, 11) is 0. The van der Waals surface area contributed by atoms with Crippen LogP contribution < -0.4 is 10.5 Å². The highest BCUT2D eigenvalue weighted by Gasteiger charge is 2.08. The molecule has 0 bridgehead atoms. The van der Waals surface area contributed by atoms with E-state index in [-0.39, 0.29) is 12.4 Å². The molecule has 22 heavy (non-hydrogen) atoms. The van der Waals surface area contributed by atoms with Crippen molar-refractivity contribution in [3.63, 3.8) is 0 Å². The quantitative estimate of drug-likeness (QED) is 0.293. The van der Waals surface area contributed by atoms with Crippen molar-refractivity contribution in [1.29, 1.82) is 0 Å². The maximum absolute atomic E-state index is 11.7. The first-order valence-corrected chi connectivity index (χ1v) is 7.84. The van der Waals surface area contributed by atoms with Gasteiger partial charge in [-0.05, 0) is 25.0 Å². The maximum Gasteiger partial charge on any atom is 0.311 e. The van der Waals surface area contributed by atoms with E-state index in [4.69, 9.17) is 27.2 Å². The number of esters is 1. The number of rotatable bonds is 10. The van der Waals surface area contributed by atoms with Gasteiger partial charge < -0.3 is 15.6 Å². The van der Waals surface area contributed by atoms with Crippen LogP contribution in [0.5, 0.6) is 5.75 Å². The highest BCUT2D eigenvalue weighted by Crippen LogP contribution is 2.25. The van der Waals surface area contributed by atoms with E-state index in [2.05, 4.69) is 0 Å². The van der Waals surface area contributed by atoms with Crippen molar-refractivity contribution in [2.45, 2.75) is 51.4 Å². The molecule has 0 aliphatic carbocycles. The smallest absolute Gasteiger partial charge is 0.311 e. The molecule has 0 saturated carbocycles. The molecule has 6 heteroatoms. The first-order chi connectivity index (χ1) is 10.5. The van der Waals surface area contributed by atoms with E-state index in [0.717, 1.165) is 32.1 Å². The molecule has 1 aromatic rings. The van der Waals surface area contributed by atoms with Crippen LogP contribution in [-0.4, -0.2) is 17.0 Å². The first-order valence-electron chi connectivity index (χ1n) is 7.46. The van der Waals surface area contributed by atoms with Gasteiger partial charge in [0, 0.05) is 23.9 Å². The summed E-state index contributed by atoms with van der Waals surface area (Å²) < 4.78 is 5.18. The van der Waals surface area contributed by atoms with E-state index in [1.54, 1.807) is 12.1 Å². The maximum atomic E-state index is 11.7. The monoisotopic (exact) mass is 327 g/mol.